The highest BCUT2D eigenvalue weighted by atomic mass is 16.6. The van der Waals surface area contributed by atoms with Crippen LogP contribution in [0.4, 0.5) is 0 Å². The van der Waals surface area contributed by atoms with Gasteiger partial charge in [0.1, 0.15) is 5.82 Å². The maximum Gasteiger partial charge on any atom is 0.224 e. The highest BCUT2D eigenvalue weighted by molar-refractivity contribution is 5.83. The van der Waals surface area contributed by atoms with Gasteiger partial charge in [0.2, 0.25) is 12.3 Å². The molecule has 0 radical (unpaired) electrons. The van der Waals surface area contributed by atoms with Crippen molar-refractivity contribution in [2.45, 2.75) is 77.9 Å². The number of pyridine rings is 1. The summed E-state index contributed by atoms with van der Waals surface area (Å²) in [6, 6.07) is 4.18. The van der Waals surface area contributed by atoms with E-state index in [2.05, 4.69) is 28.9 Å². The molecule has 1 aliphatic heterocycles. The summed E-state index contributed by atoms with van der Waals surface area (Å²) in [6.45, 7) is 13.4. The molecule has 4 atom stereocenters. The highest BCUT2D eigenvalue weighted by Gasteiger charge is 2.60. The fourth-order valence-corrected chi connectivity index (χ4v) is 5.39. The molecular weight excluding hydrogens is 404 g/mol. The summed E-state index contributed by atoms with van der Waals surface area (Å²) < 4.78 is 7.84. The van der Waals surface area contributed by atoms with Crippen molar-refractivity contribution in [3.8, 4) is 0 Å². The summed E-state index contributed by atoms with van der Waals surface area (Å²) in [5, 5.41) is 13.6. The molecule has 32 heavy (non-hydrogen) atoms. The van der Waals surface area contributed by atoms with Gasteiger partial charge < -0.3 is 19.6 Å². The van der Waals surface area contributed by atoms with Crippen LogP contribution in [-0.4, -0.2) is 50.4 Å². The third kappa shape index (κ3) is 3.84. The normalized spacial score (nSPS) is 26.9. The van der Waals surface area contributed by atoms with E-state index < -0.39 is 17.6 Å². The van der Waals surface area contributed by atoms with Crippen molar-refractivity contribution in [2.75, 3.05) is 13.1 Å². The standard InChI is InChI=1S/C25H36N4O3/c1-14-8-7-11-29-20(14)19(15-9-10-15)26-22(29)25(5,6)27-21(30)18-16-12-28(13-17(16)18)23(31)32-24(2,3)4/h7-8,11,15-18,23,31H,9-10,12-13H2,1-6H3,(H,27,30)/t16-,17+,18+,23?. The second-order valence-corrected chi connectivity index (χ2v) is 11.5. The number of aliphatic hydroxyl groups is 1. The molecule has 2 aromatic heterocycles. The van der Waals surface area contributed by atoms with E-state index >= 15 is 0 Å². The fraction of sp³-hybridized carbons (Fsp3) is 0.680. The van der Waals surface area contributed by atoms with Crippen molar-refractivity contribution in [2.24, 2.45) is 17.8 Å². The predicted octanol–water partition coefficient (Wildman–Crippen LogP) is 3.14. The number of aromatic nitrogens is 2. The Labute approximate surface area is 190 Å². The van der Waals surface area contributed by atoms with Gasteiger partial charge in [-0.1, -0.05) is 6.07 Å². The van der Waals surface area contributed by atoms with Gasteiger partial charge in [-0.3, -0.25) is 9.69 Å². The van der Waals surface area contributed by atoms with E-state index in [1.54, 1.807) is 0 Å². The Bertz CT molecular complexity index is 1040. The lowest BCUT2D eigenvalue weighted by Gasteiger charge is -2.31. The van der Waals surface area contributed by atoms with Crippen molar-refractivity contribution in [1.29, 1.82) is 0 Å². The summed E-state index contributed by atoms with van der Waals surface area (Å²) in [5.74, 6) is 2.10. The van der Waals surface area contributed by atoms with Gasteiger partial charge in [-0.15, -0.1) is 0 Å². The van der Waals surface area contributed by atoms with Crippen LogP contribution in [0, 0.1) is 24.7 Å². The lowest BCUT2D eigenvalue weighted by molar-refractivity contribution is -0.236. The monoisotopic (exact) mass is 440 g/mol. The maximum atomic E-state index is 13.2. The minimum absolute atomic E-state index is 0.00299. The number of carbonyl (C=O) groups is 1. The number of hydrogen-bond acceptors (Lipinski definition) is 5. The quantitative estimate of drug-likeness (QED) is 0.675. The van der Waals surface area contributed by atoms with Gasteiger partial charge in [-0.05, 0) is 77.8 Å². The van der Waals surface area contributed by atoms with E-state index in [1.165, 1.54) is 29.6 Å². The Kier molecular flexibility index (Phi) is 4.97. The first kappa shape index (κ1) is 21.9. The number of carbonyl (C=O) groups excluding carboxylic acids is 1. The van der Waals surface area contributed by atoms with E-state index in [1.807, 2.05) is 45.6 Å². The van der Waals surface area contributed by atoms with Crippen molar-refractivity contribution in [3.05, 3.63) is 35.4 Å². The molecule has 0 spiro atoms. The first-order valence-corrected chi connectivity index (χ1v) is 11.9. The van der Waals surface area contributed by atoms with E-state index in [9.17, 15) is 9.90 Å². The number of rotatable bonds is 6. The van der Waals surface area contributed by atoms with Crippen LogP contribution in [0.3, 0.4) is 0 Å². The molecule has 3 fully saturated rings. The van der Waals surface area contributed by atoms with E-state index in [4.69, 9.17) is 9.72 Å². The predicted molar refractivity (Wildman–Crippen MR) is 122 cm³/mol. The van der Waals surface area contributed by atoms with Crippen molar-refractivity contribution >= 4 is 11.4 Å². The number of nitrogens with zero attached hydrogens (tertiary/aromatic N) is 3. The zero-order valence-corrected chi connectivity index (χ0v) is 20.1. The van der Waals surface area contributed by atoms with Gasteiger partial charge in [0, 0.05) is 31.1 Å². The van der Waals surface area contributed by atoms with Gasteiger partial charge >= 0.3 is 0 Å². The zero-order valence-electron chi connectivity index (χ0n) is 20.1. The molecule has 2 aromatic rings. The molecule has 5 rings (SSSR count). The van der Waals surface area contributed by atoms with Gasteiger partial charge in [-0.2, -0.15) is 0 Å². The molecular formula is C25H36N4O3. The molecule has 1 amide bonds. The number of fused-ring (bicyclic) bond motifs is 2. The average Bonchev–Trinajstić information content (AvgIpc) is 3.55. The Morgan fingerprint density at radius 3 is 2.47 bits per heavy atom. The minimum Gasteiger partial charge on any atom is -0.356 e. The van der Waals surface area contributed by atoms with Crippen LogP contribution < -0.4 is 5.32 Å². The second-order valence-electron chi connectivity index (χ2n) is 11.5. The second kappa shape index (κ2) is 7.27. The van der Waals surface area contributed by atoms with Gasteiger partial charge in [0.05, 0.1) is 22.4 Å². The lowest BCUT2D eigenvalue weighted by atomic mass is 10.0. The molecule has 0 aromatic carbocycles. The molecule has 2 saturated carbocycles. The minimum atomic E-state index is -0.914. The molecule has 3 heterocycles. The summed E-state index contributed by atoms with van der Waals surface area (Å²) in [6.07, 6.45) is 3.54. The van der Waals surface area contributed by atoms with Crippen molar-refractivity contribution in [1.82, 2.24) is 19.6 Å². The molecule has 3 aliphatic rings. The summed E-state index contributed by atoms with van der Waals surface area (Å²) in [4.78, 5) is 20.2. The zero-order chi connectivity index (χ0) is 23.0. The Hall–Kier alpha value is -1.96. The maximum absolute atomic E-state index is 13.2. The third-order valence-corrected chi connectivity index (χ3v) is 7.15. The topological polar surface area (TPSA) is 79.1 Å². The van der Waals surface area contributed by atoms with Crippen LogP contribution in [0.25, 0.3) is 5.52 Å². The van der Waals surface area contributed by atoms with E-state index in [0.29, 0.717) is 19.0 Å². The number of likely N-dealkylation sites (tertiary alicyclic amines) is 1. The number of piperidine rings is 1. The number of nitrogens with one attached hydrogen (secondary N) is 1. The van der Waals surface area contributed by atoms with E-state index in [-0.39, 0.29) is 23.7 Å². The van der Waals surface area contributed by atoms with Gasteiger partial charge in [-0.25, -0.2) is 4.98 Å². The fourth-order valence-electron chi connectivity index (χ4n) is 5.39. The molecule has 1 saturated heterocycles. The van der Waals surface area contributed by atoms with Crippen LogP contribution in [0.2, 0.25) is 0 Å². The number of aryl methyl sites for hydroxylation is 1. The van der Waals surface area contributed by atoms with E-state index in [0.717, 1.165) is 5.82 Å². The van der Waals surface area contributed by atoms with Gasteiger partial charge in [0.25, 0.3) is 0 Å². The van der Waals surface area contributed by atoms with Crippen LogP contribution in [-0.2, 0) is 15.1 Å². The summed E-state index contributed by atoms with van der Waals surface area (Å²) in [5.41, 5.74) is 2.61. The summed E-state index contributed by atoms with van der Waals surface area (Å²) >= 11 is 0. The highest BCUT2D eigenvalue weighted by Crippen LogP contribution is 2.52. The Balaban J connectivity index is 1.28. The summed E-state index contributed by atoms with van der Waals surface area (Å²) in [7, 11) is 0. The SMILES string of the molecule is Cc1cccn2c(C(C)(C)NC(=O)[C@H]3[C@@H]4CN(C(O)OC(C)(C)C)C[C@@H]43)nc(C3CC3)c12. The third-order valence-electron chi connectivity index (χ3n) is 7.15. The molecule has 2 N–H and O–H groups in total. The molecule has 2 aliphatic carbocycles. The van der Waals surface area contributed by atoms with Gasteiger partial charge in [0.15, 0.2) is 0 Å². The number of imidazole rings is 1. The first-order valence-electron chi connectivity index (χ1n) is 11.9. The molecule has 7 nitrogen and oxygen atoms in total. The Morgan fingerprint density at radius 2 is 1.88 bits per heavy atom. The Morgan fingerprint density at radius 1 is 1.22 bits per heavy atom. The first-order chi connectivity index (χ1) is 15.0. The van der Waals surface area contributed by atoms with Crippen LogP contribution in [0.5, 0.6) is 0 Å². The molecule has 174 valence electrons. The molecule has 7 heteroatoms. The lowest BCUT2D eigenvalue weighted by Crippen LogP contribution is -2.46. The van der Waals surface area contributed by atoms with Crippen LogP contribution in [0.15, 0.2) is 18.3 Å². The van der Waals surface area contributed by atoms with Crippen LogP contribution >= 0.6 is 0 Å². The van der Waals surface area contributed by atoms with Crippen molar-refractivity contribution in [3.63, 3.8) is 0 Å². The molecule has 0 bridgehead atoms. The number of ether oxygens (including phenoxy) is 1. The number of hydrogen-bond donors (Lipinski definition) is 2. The van der Waals surface area contributed by atoms with Crippen LogP contribution in [0.1, 0.15) is 70.5 Å². The van der Waals surface area contributed by atoms with Crippen molar-refractivity contribution < 1.29 is 14.6 Å². The molecule has 1 unspecified atom stereocenters. The smallest absolute Gasteiger partial charge is 0.224 e. The average molecular weight is 441 g/mol. The number of aliphatic hydroxyl groups excluding tert-OH is 1. The largest absolute Gasteiger partial charge is 0.356 e. The number of amides is 1.